The molecule has 2 N–H and O–H groups in total. The molecule has 0 spiro atoms. The highest BCUT2D eigenvalue weighted by molar-refractivity contribution is 5.69. The summed E-state index contributed by atoms with van der Waals surface area (Å²) in [6.07, 6.45) is 14.3. The summed E-state index contributed by atoms with van der Waals surface area (Å²) in [5.74, 6) is -0.133. The number of aliphatic hydroxyl groups excluding tert-OH is 2. The molecule has 0 aliphatic heterocycles. The van der Waals surface area contributed by atoms with Crippen LogP contribution in [0.1, 0.15) is 90.4 Å². The molecule has 0 aliphatic carbocycles. The van der Waals surface area contributed by atoms with Crippen molar-refractivity contribution in [2.24, 2.45) is 0 Å². The van der Waals surface area contributed by atoms with Gasteiger partial charge in [-0.2, -0.15) is 0 Å². The van der Waals surface area contributed by atoms with E-state index < -0.39 is 6.10 Å². The number of carbonyl (C=O) groups is 1. The van der Waals surface area contributed by atoms with Crippen LogP contribution < -0.4 is 0 Å². The van der Waals surface area contributed by atoms with Gasteiger partial charge in [-0.1, -0.05) is 71.1 Å². The lowest BCUT2D eigenvalue weighted by Gasteiger charge is -2.08. The number of rotatable bonds is 19. The van der Waals surface area contributed by atoms with E-state index in [0.717, 1.165) is 12.8 Å². The Morgan fingerprint density at radius 1 is 0.840 bits per heavy atom. The van der Waals surface area contributed by atoms with Gasteiger partial charge < -0.3 is 19.7 Å². The van der Waals surface area contributed by atoms with Crippen molar-refractivity contribution in [3.05, 3.63) is 0 Å². The fourth-order valence-electron chi connectivity index (χ4n) is 2.62. The average Bonchev–Trinajstić information content (AvgIpc) is 2.62. The van der Waals surface area contributed by atoms with Crippen LogP contribution in [0.3, 0.4) is 0 Å². The molecular formula is C20H40O5. The van der Waals surface area contributed by atoms with Crippen LogP contribution in [-0.2, 0) is 14.3 Å². The van der Waals surface area contributed by atoms with E-state index in [1.54, 1.807) is 0 Å². The van der Waals surface area contributed by atoms with Crippen molar-refractivity contribution in [3.63, 3.8) is 0 Å². The summed E-state index contributed by atoms with van der Waals surface area (Å²) in [5, 5.41) is 17.7. The van der Waals surface area contributed by atoms with Crippen molar-refractivity contribution in [3.8, 4) is 0 Å². The van der Waals surface area contributed by atoms with Gasteiger partial charge in [0.1, 0.15) is 6.10 Å². The van der Waals surface area contributed by atoms with Crippen LogP contribution in [0.2, 0.25) is 0 Å². The Balaban J connectivity index is 3.18. The normalized spacial score (nSPS) is 12.3. The molecule has 1 unspecified atom stereocenters. The van der Waals surface area contributed by atoms with Gasteiger partial charge in [-0.15, -0.1) is 0 Å². The van der Waals surface area contributed by atoms with Crippen molar-refractivity contribution >= 4 is 5.97 Å². The van der Waals surface area contributed by atoms with Gasteiger partial charge in [-0.05, 0) is 6.42 Å². The van der Waals surface area contributed by atoms with Crippen LogP contribution in [0.15, 0.2) is 0 Å². The summed E-state index contributed by atoms with van der Waals surface area (Å²) >= 11 is 0. The summed E-state index contributed by atoms with van der Waals surface area (Å²) in [6, 6.07) is 0. The number of aliphatic hydroxyl groups is 2. The van der Waals surface area contributed by atoms with E-state index in [2.05, 4.69) is 6.92 Å². The van der Waals surface area contributed by atoms with Crippen molar-refractivity contribution < 1.29 is 24.5 Å². The van der Waals surface area contributed by atoms with Crippen molar-refractivity contribution in [2.75, 3.05) is 26.4 Å². The Hall–Kier alpha value is -0.650. The third-order valence-corrected chi connectivity index (χ3v) is 4.20. The van der Waals surface area contributed by atoms with Crippen LogP contribution >= 0.6 is 0 Å². The van der Waals surface area contributed by atoms with Gasteiger partial charge in [0.25, 0.3) is 0 Å². The molecule has 0 aromatic carbocycles. The summed E-state index contributed by atoms with van der Waals surface area (Å²) in [4.78, 5) is 11.6. The Bertz CT molecular complexity index is 283. The molecule has 0 fully saturated rings. The Labute approximate surface area is 154 Å². The number of carbonyl (C=O) groups excluding carboxylic acids is 1. The lowest BCUT2D eigenvalue weighted by atomic mass is 10.1. The minimum Gasteiger partial charge on any atom is -0.466 e. The molecule has 25 heavy (non-hydrogen) atoms. The Morgan fingerprint density at radius 3 is 1.96 bits per heavy atom. The second-order valence-corrected chi connectivity index (χ2v) is 6.77. The first-order valence-electron chi connectivity index (χ1n) is 10.2. The van der Waals surface area contributed by atoms with Crippen molar-refractivity contribution in [1.82, 2.24) is 0 Å². The SMILES string of the molecule is CCCCCCCCCCCCCC(=O)OCCCOCC(O)CO. The average molecular weight is 361 g/mol. The molecular weight excluding hydrogens is 320 g/mol. The zero-order chi connectivity index (χ0) is 18.6. The maximum Gasteiger partial charge on any atom is 0.305 e. The molecule has 0 aromatic rings. The third kappa shape index (κ3) is 19.5. The van der Waals surface area contributed by atoms with Crippen LogP contribution in [-0.4, -0.2) is 48.7 Å². The molecule has 0 aromatic heterocycles. The van der Waals surface area contributed by atoms with Gasteiger partial charge in [0.05, 0.1) is 19.8 Å². The van der Waals surface area contributed by atoms with Crippen LogP contribution in [0, 0.1) is 0 Å². The Kier molecular flexibility index (Phi) is 19.2. The number of hydrogen-bond acceptors (Lipinski definition) is 5. The molecule has 1 atom stereocenters. The summed E-state index contributed by atoms with van der Waals surface area (Å²) in [6.45, 7) is 2.84. The fraction of sp³-hybridized carbons (Fsp3) is 0.950. The summed E-state index contributed by atoms with van der Waals surface area (Å²) in [5.41, 5.74) is 0. The monoisotopic (exact) mass is 360 g/mol. The van der Waals surface area contributed by atoms with E-state index >= 15 is 0 Å². The molecule has 0 amide bonds. The van der Waals surface area contributed by atoms with Crippen molar-refractivity contribution in [1.29, 1.82) is 0 Å². The molecule has 0 rings (SSSR count). The predicted molar refractivity (Wildman–Crippen MR) is 101 cm³/mol. The molecule has 5 heteroatoms. The Morgan fingerprint density at radius 2 is 1.40 bits per heavy atom. The second kappa shape index (κ2) is 19.7. The van der Waals surface area contributed by atoms with Crippen molar-refractivity contribution in [2.45, 2.75) is 96.5 Å². The van der Waals surface area contributed by atoms with Gasteiger partial charge in [-0.25, -0.2) is 0 Å². The van der Waals surface area contributed by atoms with Gasteiger partial charge in [0.15, 0.2) is 0 Å². The lowest BCUT2D eigenvalue weighted by Crippen LogP contribution is -2.20. The third-order valence-electron chi connectivity index (χ3n) is 4.20. The zero-order valence-electron chi connectivity index (χ0n) is 16.2. The van der Waals surface area contributed by atoms with E-state index in [1.807, 2.05) is 0 Å². The smallest absolute Gasteiger partial charge is 0.305 e. The highest BCUT2D eigenvalue weighted by atomic mass is 16.5. The standard InChI is InChI=1S/C20H40O5/c1-2-3-4-5-6-7-8-9-10-11-12-14-20(23)25-16-13-15-24-18-19(22)17-21/h19,21-22H,2-18H2,1H3. The summed E-state index contributed by atoms with van der Waals surface area (Å²) in [7, 11) is 0. The van der Waals surface area contributed by atoms with E-state index in [1.165, 1.54) is 57.8 Å². The second-order valence-electron chi connectivity index (χ2n) is 6.77. The molecule has 0 saturated heterocycles. The van der Waals surface area contributed by atoms with Crippen LogP contribution in [0.25, 0.3) is 0 Å². The zero-order valence-corrected chi connectivity index (χ0v) is 16.2. The lowest BCUT2D eigenvalue weighted by molar-refractivity contribution is -0.144. The minimum absolute atomic E-state index is 0.114. The van der Waals surface area contributed by atoms with Gasteiger partial charge >= 0.3 is 5.97 Å². The molecule has 150 valence electrons. The van der Waals surface area contributed by atoms with Crippen LogP contribution in [0.4, 0.5) is 0 Å². The highest BCUT2D eigenvalue weighted by Gasteiger charge is 2.04. The van der Waals surface area contributed by atoms with E-state index in [-0.39, 0.29) is 19.2 Å². The van der Waals surface area contributed by atoms with E-state index in [9.17, 15) is 4.79 Å². The molecule has 5 nitrogen and oxygen atoms in total. The van der Waals surface area contributed by atoms with Gasteiger partial charge in [-0.3, -0.25) is 4.79 Å². The maximum atomic E-state index is 11.6. The van der Waals surface area contributed by atoms with Gasteiger partial charge in [0, 0.05) is 19.4 Å². The highest BCUT2D eigenvalue weighted by Crippen LogP contribution is 2.12. The first kappa shape index (κ1) is 24.4. The maximum absolute atomic E-state index is 11.6. The molecule has 0 heterocycles. The molecule has 0 radical (unpaired) electrons. The number of esters is 1. The predicted octanol–water partition coefficient (Wildman–Crippen LogP) is 3.99. The first-order valence-corrected chi connectivity index (χ1v) is 10.2. The largest absolute Gasteiger partial charge is 0.466 e. The van der Waals surface area contributed by atoms with E-state index in [0.29, 0.717) is 26.1 Å². The molecule has 0 saturated carbocycles. The summed E-state index contributed by atoms with van der Waals surface area (Å²) < 4.78 is 10.3. The van der Waals surface area contributed by atoms with E-state index in [4.69, 9.17) is 19.7 Å². The fourth-order valence-corrected chi connectivity index (χ4v) is 2.62. The quantitative estimate of drug-likeness (QED) is 0.269. The first-order chi connectivity index (χ1) is 12.2. The minimum atomic E-state index is -0.830. The number of hydrogen-bond donors (Lipinski definition) is 2. The van der Waals surface area contributed by atoms with Crippen LogP contribution in [0.5, 0.6) is 0 Å². The molecule has 0 aliphatic rings. The molecule has 0 bridgehead atoms. The number of ether oxygens (including phenoxy) is 2. The number of unbranched alkanes of at least 4 members (excludes halogenated alkanes) is 10. The van der Waals surface area contributed by atoms with Gasteiger partial charge in [0.2, 0.25) is 0 Å². The topological polar surface area (TPSA) is 76.0 Å².